The maximum absolute atomic E-state index is 5.32. The van der Waals surface area contributed by atoms with Crippen molar-refractivity contribution < 1.29 is 0 Å². The topological polar surface area (TPSA) is 30.7 Å². The first-order chi connectivity index (χ1) is 32.5. The lowest BCUT2D eigenvalue weighted by Crippen LogP contribution is -2.14. The van der Waals surface area contributed by atoms with Crippen molar-refractivity contribution in [2.45, 2.75) is 19.3 Å². The summed E-state index contributed by atoms with van der Waals surface area (Å²) >= 11 is 0. The number of para-hydroxylation sites is 2. The zero-order valence-corrected chi connectivity index (χ0v) is 36.7. The molecule has 10 aromatic carbocycles. The third kappa shape index (κ3) is 6.04. The van der Waals surface area contributed by atoms with Crippen molar-refractivity contribution in [1.29, 1.82) is 0 Å². The molecule has 0 unspecified atom stereocenters. The molecule has 0 bridgehead atoms. The molecule has 3 heteroatoms. The second-order valence-electron chi connectivity index (χ2n) is 18.2. The van der Waals surface area contributed by atoms with Gasteiger partial charge in [-0.3, -0.25) is 0 Å². The highest BCUT2D eigenvalue weighted by molar-refractivity contribution is 6.16. The van der Waals surface area contributed by atoms with Crippen LogP contribution in [-0.2, 0) is 5.41 Å². The monoisotopic (exact) mass is 841 g/mol. The van der Waals surface area contributed by atoms with E-state index in [1.165, 1.54) is 87.9 Å². The van der Waals surface area contributed by atoms with E-state index in [0.717, 1.165) is 33.8 Å². The van der Waals surface area contributed by atoms with Gasteiger partial charge < -0.3 is 4.57 Å². The highest BCUT2D eigenvalue weighted by atomic mass is 15.0. The van der Waals surface area contributed by atoms with Crippen LogP contribution < -0.4 is 0 Å². The van der Waals surface area contributed by atoms with Crippen LogP contribution in [0.15, 0.2) is 224 Å². The van der Waals surface area contributed by atoms with Gasteiger partial charge in [-0.05, 0) is 121 Å². The van der Waals surface area contributed by atoms with Crippen LogP contribution in [0.5, 0.6) is 0 Å². The van der Waals surface area contributed by atoms with Gasteiger partial charge in [0.15, 0.2) is 5.82 Å². The summed E-state index contributed by atoms with van der Waals surface area (Å²) < 4.78 is 2.38. The summed E-state index contributed by atoms with van der Waals surface area (Å²) in [6.45, 7) is 4.70. The van der Waals surface area contributed by atoms with Crippen LogP contribution in [0.1, 0.15) is 25.0 Å². The fourth-order valence-electron chi connectivity index (χ4n) is 10.7. The van der Waals surface area contributed by atoms with E-state index < -0.39 is 0 Å². The number of hydrogen-bond donors (Lipinski definition) is 0. The molecule has 0 fully saturated rings. The zero-order chi connectivity index (χ0) is 43.9. The van der Waals surface area contributed by atoms with Crippen LogP contribution in [0.2, 0.25) is 0 Å². The van der Waals surface area contributed by atoms with Crippen LogP contribution in [0.3, 0.4) is 0 Å². The summed E-state index contributed by atoms with van der Waals surface area (Å²) in [5.41, 5.74) is 18.5. The van der Waals surface area contributed by atoms with Crippen molar-refractivity contribution in [3.05, 3.63) is 236 Å². The first-order valence-corrected chi connectivity index (χ1v) is 22.8. The van der Waals surface area contributed by atoms with E-state index in [0.29, 0.717) is 5.82 Å². The molecule has 0 saturated heterocycles. The molecule has 3 nitrogen and oxygen atoms in total. The van der Waals surface area contributed by atoms with Crippen molar-refractivity contribution in [2.75, 3.05) is 0 Å². The molecule has 0 spiro atoms. The van der Waals surface area contributed by atoms with Crippen molar-refractivity contribution in [1.82, 2.24) is 14.5 Å². The molecule has 66 heavy (non-hydrogen) atoms. The second kappa shape index (κ2) is 14.8. The molecule has 0 N–H and O–H groups in total. The molecule has 0 atom stereocenters. The summed E-state index contributed by atoms with van der Waals surface area (Å²) in [4.78, 5) is 10.6. The number of hydrogen-bond acceptors (Lipinski definition) is 2. The smallest absolute Gasteiger partial charge is 0.160 e. The number of rotatable bonds is 6. The molecule has 12 aromatic rings. The standard InChI is InChI=1S/C63H43N3/c1-63(2)54-24-13-23-51(60(54)53-37-43-17-9-10-18-44(43)38-55(53)63)57-39-56(64-62(65-57)42-15-5-3-6-16-42)48-34-33-46-35-45(31-32-47(46)36-48)40-27-29-41(30-28-40)50-22-14-26-59-61(50)52-21-11-12-25-58(52)66(59)49-19-7-4-8-20-49/h3-39H,1-2H3. The van der Waals surface area contributed by atoms with Crippen molar-refractivity contribution in [3.8, 4) is 73.0 Å². The lowest BCUT2D eigenvalue weighted by molar-refractivity contribution is 0.661. The third-order valence-corrected chi connectivity index (χ3v) is 14.0. The number of benzene rings is 10. The van der Waals surface area contributed by atoms with Gasteiger partial charge in [0.25, 0.3) is 0 Å². The summed E-state index contributed by atoms with van der Waals surface area (Å²) in [5, 5.41) is 7.39. The normalized spacial score (nSPS) is 12.8. The van der Waals surface area contributed by atoms with Gasteiger partial charge in [-0.15, -0.1) is 0 Å². The van der Waals surface area contributed by atoms with E-state index in [1.54, 1.807) is 0 Å². The van der Waals surface area contributed by atoms with Crippen LogP contribution in [0.4, 0.5) is 0 Å². The van der Waals surface area contributed by atoms with Crippen LogP contribution in [-0.4, -0.2) is 14.5 Å². The minimum absolute atomic E-state index is 0.151. The highest BCUT2D eigenvalue weighted by Gasteiger charge is 2.37. The molecule has 1 aliphatic rings. The fraction of sp³-hybridized carbons (Fsp3) is 0.0476. The highest BCUT2D eigenvalue weighted by Crippen LogP contribution is 2.53. The number of fused-ring (bicyclic) bond motifs is 8. The molecule has 0 amide bonds. The zero-order valence-electron chi connectivity index (χ0n) is 36.7. The van der Waals surface area contributed by atoms with Gasteiger partial charge in [-0.2, -0.15) is 0 Å². The maximum Gasteiger partial charge on any atom is 0.160 e. The Hall–Kier alpha value is -8.40. The van der Waals surface area contributed by atoms with Crippen LogP contribution in [0, 0.1) is 0 Å². The van der Waals surface area contributed by atoms with Crippen LogP contribution >= 0.6 is 0 Å². The summed E-state index contributed by atoms with van der Waals surface area (Å²) in [6, 6.07) is 81.4. The lowest BCUT2D eigenvalue weighted by atomic mass is 9.81. The van der Waals surface area contributed by atoms with Gasteiger partial charge in [0.1, 0.15) is 0 Å². The Balaban J connectivity index is 0.873. The van der Waals surface area contributed by atoms with Gasteiger partial charge >= 0.3 is 0 Å². The van der Waals surface area contributed by atoms with Crippen molar-refractivity contribution in [2.24, 2.45) is 0 Å². The van der Waals surface area contributed by atoms with Gasteiger partial charge in [0, 0.05) is 38.6 Å². The minimum atomic E-state index is -0.151. The molecule has 310 valence electrons. The second-order valence-corrected chi connectivity index (χ2v) is 18.2. The Labute approximate surface area is 384 Å². The Morgan fingerprint density at radius 2 is 0.955 bits per heavy atom. The van der Waals surface area contributed by atoms with Gasteiger partial charge in [-0.25, -0.2) is 9.97 Å². The van der Waals surface area contributed by atoms with E-state index in [2.05, 4.69) is 237 Å². The Bertz CT molecular complexity index is 3880. The molecule has 2 heterocycles. The first kappa shape index (κ1) is 38.1. The quantitative estimate of drug-likeness (QED) is 0.167. The Morgan fingerprint density at radius 3 is 1.76 bits per heavy atom. The molecule has 1 aliphatic carbocycles. The molecular formula is C63H43N3. The van der Waals surface area contributed by atoms with Crippen molar-refractivity contribution >= 4 is 43.4 Å². The van der Waals surface area contributed by atoms with Crippen LogP contribution in [0.25, 0.3) is 116 Å². The summed E-state index contributed by atoms with van der Waals surface area (Å²) in [6.07, 6.45) is 0. The SMILES string of the molecule is CC1(C)c2cc3ccccc3cc2-c2c(-c3cc(-c4ccc5cc(-c6ccc(-c7cccc8c7c7ccccc7n8-c7ccccc7)cc6)ccc5c4)nc(-c4ccccc4)n3)cccc21. The molecular weight excluding hydrogens is 799 g/mol. The lowest BCUT2D eigenvalue weighted by Gasteiger charge is -2.22. The van der Waals surface area contributed by atoms with E-state index in [9.17, 15) is 0 Å². The maximum atomic E-state index is 5.32. The average molecular weight is 842 g/mol. The van der Waals surface area contributed by atoms with E-state index >= 15 is 0 Å². The average Bonchev–Trinajstić information content (AvgIpc) is 3.83. The van der Waals surface area contributed by atoms with Crippen molar-refractivity contribution in [3.63, 3.8) is 0 Å². The molecule has 0 saturated carbocycles. The molecule has 0 aliphatic heterocycles. The van der Waals surface area contributed by atoms with E-state index in [-0.39, 0.29) is 5.41 Å². The summed E-state index contributed by atoms with van der Waals surface area (Å²) in [5.74, 6) is 0.716. The fourth-order valence-corrected chi connectivity index (χ4v) is 10.7. The number of nitrogens with zero attached hydrogens (tertiary/aromatic N) is 3. The number of aromatic nitrogens is 3. The minimum Gasteiger partial charge on any atom is -0.309 e. The van der Waals surface area contributed by atoms with E-state index in [4.69, 9.17) is 9.97 Å². The molecule has 2 aromatic heterocycles. The predicted octanol–water partition coefficient (Wildman–Crippen LogP) is 16.5. The Morgan fingerprint density at radius 1 is 0.364 bits per heavy atom. The summed E-state index contributed by atoms with van der Waals surface area (Å²) in [7, 11) is 0. The Kier molecular flexibility index (Phi) is 8.56. The largest absolute Gasteiger partial charge is 0.309 e. The van der Waals surface area contributed by atoms with Gasteiger partial charge in [0.05, 0.1) is 22.4 Å². The first-order valence-electron chi connectivity index (χ1n) is 22.8. The van der Waals surface area contributed by atoms with E-state index in [1.807, 2.05) is 6.07 Å². The predicted molar refractivity (Wildman–Crippen MR) is 276 cm³/mol. The van der Waals surface area contributed by atoms with Gasteiger partial charge in [0.2, 0.25) is 0 Å². The van der Waals surface area contributed by atoms with Gasteiger partial charge in [-0.1, -0.05) is 184 Å². The molecule has 0 radical (unpaired) electrons. The molecule has 13 rings (SSSR count). The third-order valence-electron chi connectivity index (χ3n) is 14.0.